The fourth-order valence-electron chi connectivity index (χ4n) is 3.97. The smallest absolute Gasteiger partial charge is 0.410 e. The minimum absolute atomic E-state index is 0.206. The first kappa shape index (κ1) is 16.8. The molecule has 0 bridgehead atoms. The summed E-state index contributed by atoms with van der Waals surface area (Å²) in [6, 6.07) is 9.88. The molecule has 0 N–H and O–H groups in total. The number of pyridine rings is 1. The minimum Gasteiger partial charge on any atom is -0.458 e. The first-order valence-corrected chi connectivity index (χ1v) is 9.16. The Balaban J connectivity index is 1.44. The molecular formula is C20H22N2O4. The summed E-state index contributed by atoms with van der Waals surface area (Å²) in [6.45, 7) is 2.51. The van der Waals surface area contributed by atoms with Crippen LogP contribution in [0.3, 0.4) is 0 Å². The highest BCUT2D eigenvalue weighted by Crippen LogP contribution is 2.32. The third-order valence-corrected chi connectivity index (χ3v) is 5.26. The quantitative estimate of drug-likeness (QED) is 0.772. The number of hydrogen-bond donors (Lipinski definition) is 0. The van der Waals surface area contributed by atoms with Gasteiger partial charge in [-0.25, -0.2) is 4.79 Å². The lowest BCUT2D eigenvalue weighted by atomic mass is 9.97. The number of aromatic nitrogens is 1. The number of cyclic esters (lactones) is 1. The number of amides is 1. The predicted octanol–water partition coefficient (Wildman–Crippen LogP) is 3.08. The lowest BCUT2D eigenvalue weighted by molar-refractivity contribution is -0.164. The number of nitrogens with zero attached hydrogens (tertiary/aromatic N) is 2. The molecule has 2 aromatic rings. The van der Waals surface area contributed by atoms with Crippen LogP contribution >= 0.6 is 0 Å². The van der Waals surface area contributed by atoms with Crippen molar-refractivity contribution in [3.63, 3.8) is 0 Å². The molecule has 0 spiro atoms. The SMILES string of the molecule is CC[C@H]1OC(=O)C[C@H]2[C@@H]1OC(=O)N2CCCc1ccnc2ccccc12. The molecular weight excluding hydrogens is 332 g/mol. The zero-order valence-corrected chi connectivity index (χ0v) is 14.8. The molecule has 1 amide bonds. The van der Waals surface area contributed by atoms with Crippen molar-refractivity contribution in [2.45, 2.75) is 50.9 Å². The number of carbonyl (C=O) groups is 2. The van der Waals surface area contributed by atoms with Crippen molar-refractivity contribution in [2.24, 2.45) is 0 Å². The van der Waals surface area contributed by atoms with E-state index in [1.165, 1.54) is 5.56 Å². The minimum atomic E-state index is -0.341. The molecule has 3 heterocycles. The van der Waals surface area contributed by atoms with E-state index in [0.29, 0.717) is 13.0 Å². The van der Waals surface area contributed by atoms with E-state index in [1.807, 2.05) is 37.4 Å². The molecule has 2 fully saturated rings. The lowest BCUT2D eigenvalue weighted by Crippen LogP contribution is -2.49. The number of carbonyl (C=O) groups excluding carboxylic acids is 2. The van der Waals surface area contributed by atoms with Gasteiger partial charge in [0.05, 0.1) is 18.0 Å². The molecule has 2 aliphatic heterocycles. The summed E-state index contributed by atoms with van der Waals surface area (Å²) in [7, 11) is 0. The summed E-state index contributed by atoms with van der Waals surface area (Å²) >= 11 is 0. The monoisotopic (exact) mass is 354 g/mol. The van der Waals surface area contributed by atoms with E-state index in [4.69, 9.17) is 9.47 Å². The van der Waals surface area contributed by atoms with Crippen molar-refractivity contribution in [1.82, 2.24) is 9.88 Å². The Labute approximate surface area is 152 Å². The molecule has 0 radical (unpaired) electrons. The predicted molar refractivity (Wildman–Crippen MR) is 95.6 cm³/mol. The first-order chi connectivity index (χ1) is 12.7. The van der Waals surface area contributed by atoms with Crippen LogP contribution in [0.1, 0.15) is 31.7 Å². The molecule has 6 heteroatoms. The Bertz CT molecular complexity index is 832. The Morgan fingerprint density at radius 1 is 1.19 bits per heavy atom. The van der Waals surface area contributed by atoms with Gasteiger partial charge in [-0.2, -0.15) is 0 Å². The molecule has 136 valence electrons. The standard InChI is InChI=1S/C20H22N2O4/c1-2-17-19-16(12-18(23)25-17)22(20(24)26-19)11-5-6-13-9-10-21-15-8-4-3-7-14(13)15/h3-4,7-10,16-17,19H,2,5-6,11-12H2,1H3/t16-,17+,19-/m0/s1. The van der Waals surface area contributed by atoms with Crippen molar-refractivity contribution < 1.29 is 19.1 Å². The zero-order valence-electron chi connectivity index (χ0n) is 14.8. The Hall–Kier alpha value is -2.63. The van der Waals surface area contributed by atoms with Crippen LogP contribution in [0.15, 0.2) is 36.5 Å². The molecule has 1 aromatic heterocycles. The van der Waals surface area contributed by atoms with Crippen molar-refractivity contribution in [2.75, 3.05) is 6.54 Å². The van der Waals surface area contributed by atoms with E-state index >= 15 is 0 Å². The van der Waals surface area contributed by atoms with Gasteiger partial charge in [-0.1, -0.05) is 25.1 Å². The van der Waals surface area contributed by atoms with Crippen LogP contribution in [-0.4, -0.2) is 46.7 Å². The van der Waals surface area contributed by atoms with Crippen LogP contribution in [0, 0.1) is 0 Å². The second kappa shape index (κ2) is 6.94. The molecule has 0 saturated carbocycles. The van der Waals surface area contributed by atoms with Crippen LogP contribution in [0.2, 0.25) is 0 Å². The van der Waals surface area contributed by atoms with E-state index in [9.17, 15) is 9.59 Å². The molecule has 0 unspecified atom stereocenters. The van der Waals surface area contributed by atoms with Gasteiger partial charge in [0.15, 0.2) is 6.10 Å². The van der Waals surface area contributed by atoms with Gasteiger partial charge in [0.25, 0.3) is 0 Å². The number of rotatable bonds is 5. The summed E-state index contributed by atoms with van der Waals surface area (Å²) < 4.78 is 10.8. The lowest BCUT2D eigenvalue weighted by Gasteiger charge is -2.32. The van der Waals surface area contributed by atoms with Gasteiger partial charge in [-0.15, -0.1) is 0 Å². The largest absolute Gasteiger partial charge is 0.458 e. The maximum Gasteiger partial charge on any atom is 0.410 e. The molecule has 2 aliphatic rings. The van der Waals surface area contributed by atoms with Gasteiger partial charge < -0.3 is 14.4 Å². The van der Waals surface area contributed by atoms with E-state index < -0.39 is 0 Å². The summed E-state index contributed by atoms with van der Waals surface area (Å²) in [5.41, 5.74) is 2.20. The summed E-state index contributed by atoms with van der Waals surface area (Å²) in [4.78, 5) is 30.2. The van der Waals surface area contributed by atoms with E-state index in [2.05, 4.69) is 11.1 Å². The van der Waals surface area contributed by atoms with Crippen molar-refractivity contribution >= 4 is 23.0 Å². The van der Waals surface area contributed by atoms with Gasteiger partial charge in [0.2, 0.25) is 0 Å². The third-order valence-electron chi connectivity index (χ3n) is 5.26. The highest BCUT2D eigenvalue weighted by atomic mass is 16.6. The third kappa shape index (κ3) is 3.00. The topological polar surface area (TPSA) is 68.7 Å². The number of benzene rings is 1. The average molecular weight is 354 g/mol. The molecule has 26 heavy (non-hydrogen) atoms. The summed E-state index contributed by atoms with van der Waals surface area (Å²) in [5.74, 6) is -0.249. The second-order valence-corrected chi connectivity index (χ2v) is 6.84. The van der Waals surface area contributed by atoms with Crippen LogP contribution in [0.25, 0.3) is 10.9 Å². The molecule has 0 aliphatic carbocycles. The van der Waals surface area contributed by atoms with E-state index in [0.717, 1.165) is 23.7 Å². The van der Waals surface area contributed by atoms with Crippen molar-refractivity contribution in [3.05, 3.63) is 42.1 Å². The van der Waals surface area contributed by atoms with Crippen LogP contribution in [0.5, 0.6) is 0 Å². The normalized spacial score (nSPS) is 25.1. The fourth-order valence-corrected chi connectivity index (χ4v) is 3.97. The molecule has 3 atom stereocenters. The van der Waals surface area contributed by atoms with E-state index in [1.54, 1.807) is 4.90 Å². The molecule has 2 saturated heterocycles. The maximum atomic E-state index is 12.3. The Morgan fingerprint density at radius 2 is 2.04 bits per heavy atom. The number of hydrogen-bond acceptors (Lipinski definition) is 5. The van der Waals surface area contributed by atoms with Gasteiger partial charge in [0, 0.05) is 18.1 Å². The number of esters is 1. The molecule has 6 nitrogen and oxygen atoms in total. The van der Waals surface area contributed by atoms with Crippen LogP contribution in [-0.2, 0) is 20.7 Å². The zero-order chi connectivity index (χ0) is 18.1. The van der Waals surface area contributed by atoms with Gasteiger partial charge in [0.1, 0.15) is 6.10 Å². The van der Waals surface area contributed by atoms with Crippen molar-refractivity contribution in [1.29, 1.82) is 0 Å². The summed E-state index contributed by atoms with van der Waals surface area (Å²) in [5, 5.41) is 1.14. The highest BCUT2D eigenvalue weighted by Gasteiger charge is 2.50. The first-order valence-electron chi connectivity index (χ1n) is 9.16. The number of fused-ring (bicyclic) bond motifs is 2. The van der Waals surface area contributed by atoms with Gasteiger partial charge >= 0.3 is 12.1 Å². The number of ether oxygens (including phenoxy) is 2. The molecule has 1 aromatic carbocycles. The van der Waals surface area contributed by atoms with Crippen LogP contribution in [0.4, 0.5) is 4.79 Å². The second-order valence-electron chi connectivity index (χ2n) is 6.84. The average Bonchev–Trinajstić information content (AvgIpc) is 2.97. The van der Waals surface area contributed by atoms with Crippen molar-refractivity contribution in [3.8, 4) is 0 Å². The Kier molecular flexibility index (Phi) is 4.49. The fraction of sp³-hybridized carbons (Fsp3) is 0.450. The Morgan fingerprint density at radius 3 is 2.88 bits per heavy atom. The highest BCUT2D eigenvalue weighted by molar-refractivity contribution is 5.81. The van der Waals surface area contributed by atoms with Crippen LogP contribution < -0.4 is 0 Å². The number of para-hydroxylation sites is 1. The molecule has 4 rings (SSSR count). The van der Waals surface area contributed by atoms with Gasteiger partial charge in [-0.05, 0) is 37.0 Å². The van der Waals surface area contributed by atoms with Gasteiger partial charge in [-0.3, -0.25) is 9.78 Å². The summed E-state index contributed by atoms with van der Waals surface area (Å²) in [6.07, 6.45) is 3.31. The number of aryl methyl sites for hydroxylation is 1. The maximum absolute atomic E-state index is 12.3. The van der Waals surface area contributed by atoms with E-state index in [-0.39, 0.29) is 36.7 Å².